The number of rotatable bonds is 6. The molecule has 3 N–H and O–H groups in total. The van der Waals surface area contributed by atoms with E-state index in [1.54, 1.807) is 7.05 Å². The van der Waals surface area contributed by atoms with Crippen molar-refractivity contribution in [3.63, 3.8) is 0 Å². The molecule has 0 atom stereocenters. The number of halogens is 4. The molecule has 0 heterocycles. The molecule has 1 amide bonds. The summed E-state index contributed by atoms with van der Waals surface area (Å²) in [6, 6.07) is 2.37. The molecule has 0 aliphatic rings. The summed E-state index contributed by atoms with van der Waals surface area (Å²) in [6.07, 6.45) is -3.71. The van der Waals surface area contributed by atoms with Crippen molar-refractivity contribution in [2.45, 2.75) is 12.6 Å². The number of carbonyl (C=O) groups is 1. The predicted molar refractivity (Wildman–Crippen MR) is 84.3 cm³/mol. The third-order valence-corrected chi connectivity index (χ3v) is 3.11. The highest BCUT2D eigenvalue weighted by molar-refractivity contribution is 7.92. The SMILES string of the molecule is CNCCC(=O)Nc1cc(C(F)(F)F)ccc1NS(C)(=O)=O.Cl. The van der Waals surface area contributed by atoms with Crippen molar-refractivity contribution in [3.8, 4) is 0 Å². The third kappa shape index (κ3) is 7.53. The summed E-state index contributed by atoms with van der Waals surface area (Å²) in [6.45, 7) is 0.333. The average molecular weight is 376 g/mol. The smallest absolute Gasteiger partial charge is 0.324 e. The first kappa shape index (κ1) is 21.5. The standard InChI is InChI=1S/C12H16F3N3O3S.ClH/c1-16-6-5-11(19)17-10-7-8(12(13,14)15)3-4-9(10)18-22(2,20)21;/h3-4,7,16,18H,5-6H2,1-2H3,(H,17,19);1H. The van der Waals surface area contributed by atoms with Crippen molar-refractivity contribution in [2.24, 2.45) is 0 Å². The van der Waals surface area contributed by atoms with Gasteiger partial charge in [-0.25, -0.2) is 8.42 Å². The Bertz CT molecular complexity index is 651. The molecule has 0 saturated heterocycles. The molecule has 11 heteroatoms. The Morgan fingerprint density at radius 3 is 2.30 bits per heavy atom. The minimum Gasteiger partial charge on any atom is -0.324 e. The van der Waals surface area contributed by atoms with Crippen molar-refractivity contribution in [3.05, 3.63) is 23.8 Å². The van der Waals surface area contributed by atoms with Crippen molar-refractivity contribution >= 4 is 39.7 Å². The number of benzene rings is 1. The highest BCUT2D eigenvalue weighted by Crippen LogP contribution is 2.34. The Balaban J connectivity index is 0.00000484. The second-order valence-electron chi connectivity index (χ2n) is 4.53. The van der Waals surface area contributed by atoms with Gasteiger partial charge in [-0.05, 0) is 25.2 Å². The van der Waals surface area contributed by atoms with Gasteiger partial charge in [0.15, 0.2) is 0 Å². The number of hydrogen-bond acceptors (Lipinski definition) is 4. The highest BCUT2D eigenvalue weighted by atomic mass is 35.5. The first-order chi connectivity index (χ1) is 10.0. The van der Waals surface area contributed by atoms with Gasteiger partial charge in [0.2, 0.25) is 15.9 Å². The van der Waals surface area contributed by atoms with Gasteiger partial charge in [-0.3, -0.25) is 9.52 Å². The van der Waals surface area contributed by atoms with Crippen LogP contribution in [-0.2, 0) is 21.0 Å². The molecular weight excluding hydrogens is 359 g/mol. The molecule has 0 aliphatic carbocycles. The Labute approximate surface area is 138 Å². The molecule has 1 aromatic rings. The molecule has 1 aromatic carbocycles. The Kier molecular flexibility index (Phi) is 7.81. The van der Waals surface area contributed by atoms with E-state index in [2.05, 4.69) is 15.4 Å². The topological polar surface area (TPSA) is 87.3 Å². The van der Waals surface area contributed by atoms with Gasteiger partial charge in [0.1, 0.15) is 0 Å². The molecule has 0 radical (unpaired) electrons. The average Bonchev–Trinajstić information content (AvgIpc) is 2.35. The molecule has 132 valence electrons. The molecule has 0 spiro atoms. The molecule has 0 aliphatic heterocycles. The van der Waals surface area contributed by atoms with E-state index in [9.17, 15) is 26.4 Å². The van der Waals surface area contributed by atoms with Gasteiger partial charge in [0, 0.05) is 13.0 Å². The minimum atomic E-state index is -4.60. The van der Waals surface area contributed by atoms with Crippen LogP contribution in [0.2, 0.25) is 0 Å². The molecule has 6 nitrogen and oxygen atoms in total. The lowest BCUT2D eigenvalue weighted by Gasteiger charge is -2.15. The third-order valence-electron chi connectivity index (χ3n) is 2.52. The molecule has 1 rings (SSSR count). The van der Waals surface area contributed by atoms with E-state index in [0.29, 0.717) is 12.6 Å². The maximum absolute atomic E-state index is 12.7. The normalized spacial score (nSPS) is 11.5. The van der Waals surface area contributed by atoms with Gasteiger partial charge in [0.05, 0.1) is 23.2 Å². The van der Waals surface area contributed by atoms with Gasteiger partial charge in [-0.15, -0.1) is 12.4 Å². The summed E-state index contributed by atoms with van der Waals surface area (Å²) < 4.78 is 62.7. The molecule has 0 unspecified atom stereocenters. The molecule has 0 fully saturated rings. The van der Waals surface area contributed by atoms with Gasteiger partial charge < -0.3 is 10.6 Å². The fraction of sp³-hybridized carbons (Fsp3) is 0.417. The van der Waals surface area contributed by atoms with E-state index in [1.807, 2.05) is 0 Å². The lowest BCUT2D eigenvalue weighted by atomic mass is 10.1. The summed E-state index contributed by atoms with van der Waals surface area (Å²) in [4.78, 5) is 11.6. The number of carbonyl (C=O) groups excluding carboxylic acids is 1. The zero-order valence-electron chi connectivity index (χ0n) is 12.3. The first-order valence-corrected chi connectivity index (χ1v) is 8.05. The van der Waals surface area contributed by atoms with Crippen LogP contribution < -0.4 is 15.4 Å². The van der Waals surface area contributed by atoms with Crippen LogP contribution in [0.1, 0.15) is 12.0 Å². The number of amides is 1. The first-order valence-electron chi connectivity index (χ1n) is 6.16. The van der Waals surface area contributed by atoms with Crippen LogP contribution in [0.4, 0.5) is 24.5 Å². The zero-order chi connectivity index (χ0) is 17.0. The number of alkyl halides is 3. The summed E-state index contributed by atoms with van der Waals surface area (Å²) in [7, 11) is -2.08. The maximum atomic E-state index is 12.7. The van der Waals surface area contributed by atoms with E-state index in [-0.39, 0.29) is 30.2 Å². The highest BCUT2D eigenvalue weighted by Gasteiger charge is 2.31. The van der Waals surface area contributed by atoms with Gasteiger partial charge in [-0.2, -0.15) is 13.2 Å². The van der Waals surface area contributed by atoms with E-state index in [4.69, 9.17) is 0 Å². The number of nitrogens with one attached hydrogen (secondary N) is 3. The second-order valence-corrected chi connectivity index (χ2v) is 6.28. The van der Waals surface area contributed by atoms with Gasteiger partial charge >= 0.3 is 6.18 Å². The van der Waals surface area contributed by atoms with E-state index >= 15 is 0 Å². The fourth-order valence-electron chi connectivity index (χ4n) is 1.56. The van der Waals surface area contributed by atoms with Gasteiger partial charge in [-0.1, -0.05) is 0 Å². The summed E-state index contributed by atoms with van der Waals surface area (Å²) in [5.41, 5.74) is -1.37. The van der Waals surface area contributed by atoms with Crippen LogP contribution in [0.3, 0.4) is 0 Å². The Hall–Kier alpha value is -1.52. The summed E-state index contributed by atoms with van der Waals surface area (Å²) >= 11 is 0. The van der Waals surface area contributed by atoms with Crippen molar-refractivity contribution < 1.29 is 26.4 Å². The van der Waals surface area contributed by atoms with Crippen molar-refractivity contribution in [1.29, 1.82) is 0 Å². The van der Waals surface area contributed by atoms with Crippen LogP contribution in [0.25, 0.3) is 0 Å². The lowest BCUT2D eigenvalue weighted by molar-refractivity contribution is -0.137. The molecular formula is C12H17ClF3N3O3S. The molecule has 0 aromatic heterocycles. The van der Waals surface area contributed by atoms with Crippen LogP contribution in [0.15, 0.2) is 18.2 Å². The summed E-state index contributed by atoms with van der Waals surface area (Å²) in [5.74, 6) is -0.537. The second kappa shape index (κ2) is 8.37. The van der Waals surface area contributed by atoms with E-state index < -0.39 is 27.7 Å². The number of anilines is 2. The zero-order valence-corrected chi connectivity index (χ0v) is 14.0. The Morgan fingerprint density at radius 2 is 1.83 bits per heavy atom. The summed E-state index contributed by atoms with van der Waals surface area (Å²) in [5, 5.41) is 5.00. The minimum absolute atomic E-state index is 0. The van der Waals surface area contributed by atoms with Crippen LogP contribution in [0.5, 0.6) is 0 Å². The maximum Gasteiger partial charge on any atom is 0.416 e. The molecule has 23 heavy (non-hydrogen) atoms. The van der Waals surface area contributed by atoms with E-state index in [0.717, 1.165) is 18.4 Å². The quantitative estimate of drug-likeness (QED) is 0.710. The van der Waals surface area contributed by atoms with Crippen LogP contribution >= 0.6 is 12.4 Å². The van der Waals surface area contributed by atoms with Gasteiger partial charge in [0.25, 0.3) is 0 Å². The largest absolute Gasteiger partial charge is 0.416 e. The number of hydrogen-bond donors (Lipinski definition) is 3. The lowest BCUT2D eigenvalue weighted by Crippen LogP contribution is -2.20. The number of sulfonamides is 1. The molecule has 0 saturated carbocycles. The fourth-order valence-corrected chi connectivity index (χ4v) is 2.14. The molecule has 0 bridgehead atoms. The van der Waals surface area contributed by atoms with E-state index in [1.165, 1.54) is 0 Å². The van der Waals surface area contributed by atoms with Crippen LogP contribution in [0, 0.1) is 0 Å². The van der Waals surface area contributed by atoms with Crippen molar-refractivity contribution in [2.75, 3.05) is 29.9 Å². The van der Waals surface area contributed by atoms with Crippen molar-refractivity contribution in [1.82, 2.24) is 5.32 Å². The predicted octanol–water partition coefficient (Wildman–Crippen LogP) is 2.05. The monoisotopic (exact) mass is 375 g/mol. The van der Waals surface area contributed by atoms with Crippen LogP contribution in [-0.4, -0.2) is 34.2 Å². The Morgan fingerprint density at radius 1 is 1.22 bits per heavy atom.